The van der Waals surface area contributed by atoms with E-state index in [0.29, 0.717) is 12.8 Å². The van der Waals surface area contributed by atoms with Crippen LogP contribution in [0.4, 0.5) is 0 Å². The fourth-order valence-corrected chi connectivity index (χ4v) is 2.32. The van der Waals surface area contributed by atoms with Gasteiger partial charge in [0.2, 0.25) is 0 Å². The Morgan fingerprint density at radius 2 is 1.94 bits per heavy atom. The molecule has 4 heteroatoms. The SMILES string of the molecule is CC(C)(C)OC(=O)C[C@@H]1CCC[C@@H](C(=O)O)C1. The molecule has 2 atom stereocenters. The van der Waals surface area contributed by atoms with Gasteiger partial charge in [0.1, 0.15) is 5.60 Å². The van der Waals surface area contributed by atoms with Gasteiger partial charge in [-0.2, -0.15) is 0 Å². The van der Waals surface area contributed by atoms with Gasteiger partial charge in [-0.1, -0.05) is 6.42 Å². The van der Waals surface area contributed by atoms with E-state index in [9.17, 15) is 9.59 Å². The Balaban J connectivity index is 2.41. The molecule has 4 nitrogen and oxygen atoms in total. The number of carbonyl (C=O) groups is 2. The molecule has 17 heavy (non-hydrogen) atoms. The van der Waals surface area contributed by atoms with Gasteiger partial charge < -0.3 is 9.84 Å². The molecule has 98 valence electrons. The minimum absolute atomic E-state index is 0.166. The van der Waals surface area contributed by atoms with Crippen LogP contribution in [0, 0.1) is 11.8 Å². The Bertz CT molecular complexity index is 290. The van der Waals surface area contributed by atoms with Crippen molar-refractivity contribution >= 4 is 11.9 Å². The van der Waals surface area contributed by atoms with Crippen molar-refractivity contribution in [2.24, 2.45) is 11.8 Å². The van der Waals surface area contributed by atoms with Crippen molar-refractivity contribution in [3.8, 4) is 0 Å². The van der Waals surface area contributed by atoms with Gasteiger partial charge in [0.15, 0.2) is 0 Å². The van der Waals surface area contributed by atoms with Gasteiger partial charge in [-0.05, 0) is 46.0 Å². The molecule has 0 spiro atoms. The lowest BCUT2D eigenvalue weighted by Gasteiger charge is -2.27. The molecule has 0 aromatic carbocycles. The lowest BCUT2D eigenvalue weighted by atomic mass is 9.80. The molecule has 1 saturated carbocycles. The second-order valence-electron chi connectivity index (χ2n) is 5.86. The highest BCUT2D eigenvalue weighted by Crippen LogP contribution is 2.31. The highest BCUT2D eigenvalue weighted by atomic mass is 16.6. The van der Waals surface area contributed by atoms with E-state index in [0.717, 1.165) is 19.3 Å². The topological polar surface area (TPSA) is 63.6 Å². The smallest absolute Gasteiger partial charge is 0.306 e. The number of aliphatic carboxylic acids is 1. The molecule has 1 rings (SSSR count). The summed E-state index contributed by atoms with van der Waals surface area (Å²) < 4.78 is 5.25. The van der Waals surface area contributed by atoms with E-state index < -0.39 is 11.6 Å². The van der Waals surface area contributed by atoms with E-state index in [1.807, 2.05) is 20.8 Å². The van der Waals surface area contributed by atoms with E-state index in [-0.39, 0.29) is 17.8 Å². The predicted molar refractivity (Wildman–Crippen MR) is 63.5 cm³/mol. The summed E-state index contributed by atoms with van der Waals surface area (Å²) in [6.45, 7) is 5.52. The molecular formula is C13H22O4. The fraction of sp³-hybridized carbons (Fsp3) is 0.846. The average molecular weight is 242 g/mol. The number of hydrogen-bond acceptors (Lipinski definition) is 3. The van der Waals surface area contributed by atoms with Crippen molar-refractivity contribution in [3.05, 3.63) is 0 Å². The largest absolute Gasteiger partial charge is 0.481 e. The molecule has 1 fully saturated rings. The number of carbonyl (C=O) groups excluding carboxylic acids is 1. The Morgan fingerprint density at radius 1 is 1.29 bits per heavy atom. The van der Waals surface area contributed by atoms with Crippen molar-refractivity contribution in [1.82, 2.24) is 0 Å². The van der Waals surface area contributed by atoms with Crippen LogP contribution in [0.3, 0.4) is 0 Å². The zero-order valence-electron chi connectivity index (χ0n) is 10.9. The van der Waals surface area contributed by atoms with Gasteiger partial charge in [-0.3, -0.25) is 9.59 Å². The minimum atomic E-state index is -0.737. The summed E-state index contributed by atoms with van der Waals surface area (Å²) in [5.41, 5.74) is -0.460. The molecule has 0 saturated heterocycles. The van der Waals surface area contributed by atoms with E-state index >= 15 is 0 Å². The summed E-state index contributed by atoms with van der Waals surface area (Å²) in [7, 11) is 0. The van der Waals surface area contributed by atoms with Gasteiger partial charge in [0, 0.05) is 6.42 Å². The number of carboxylic acids is 1. The third kappa shape index (κ3) is 5.20. The first-order valence-electron chi connectivity index (χ1n) is 6.22. The molecule has 1 N–H and O–H groups in total. The third-order valence-electron chi connectivity index (χ3n) is 3.01. The molecule has 1 aliphatic rings. The Morgan fingerprint density at radius 3 is 2.47 bits per heavy atom. The highest BCUT2D eigenvalue weighted by molar-refractivity contribution is 5.71. The van der Waals surface area contributed by atoms with Crippen molar-refractivity contribution < 1.29 is 19.4 Å². The molecule has 0 aromatic rings. The second kappa shape index (κ2) is 5.52. The average Bonchev–Trinajstić information content (AvgIpc) is 2.14. The second-order valence-corrected chi connectivity index (χ2v) is 5.86. The maximum atomic E-state index is 11.6. The maximum Gasteiger partial charge on any atom is 0.306 e. The fourth-order valence-electron chi connectivity index (χ4n) is 2.32. The molecular weight excluding hydrogens is 220 g/mol. The van der Waals surface area contributed by atoms with Crippen molar-refractivity contribution in [2.45, 2.75) is 58.5 Å². The van der Waals surface area contributed by atoms with Crippen molar-refractivity contribution in [3.63, 3.8) is 0 Å². The summed E-state index contributed by atoms with van der Waals surface area (Å²) in [4.78, 5) is 22.5. The molecule has 0 unspecified atom stereocenters. The minimum Gasteiger partial charge on any atom is -0.481 e. The lowest BCUT2D eigenvalue weighted by molar-refractivity contribution is -0.157. The van der Waals surface area contributed by atoms with Crippen LogP contribution in [0.15, 0.2) is 0 Å². The summed E-state index contributed by atoms with van der Waals surface area (Å²) in [6.07, 6.45) is 3.52. The molecule has 0 aromatic heterocycles. The Hall–Kier alpha value is -1.06. The zero-order chi connectivity index (χ0) is 13.1. The predicted octanol–water partition coefficient (Wildman–Crippen LogP) is 2.61. The zero-order valence-corrected chi connectivity index (χ0v) is 10.9. The molecule has 0 aliphatic heterocycles. The quantitative estimate of drug-likeness (QED) is 0.773. The van der Waals surface area contributed by atoms with E-state index in [1.54, 1.807) is 0 Å². The standard InChI is InChI=1S/C13H22O4/c1-13(2,3)17-11(14)8-9-5-4-6-10(7-9)12(15)16/h9-10H,4-8H2,1-3H3,(H,15,16)/t9-,10-/m1/s1. The first-order valence-corrected chi connectivity index (χ1v) is 6.22. The number of ether oxygens (including phenoxy) is 1. The number of rotatable bonds is 3. The Labute approximate surface area is 102 Å². The van der Waals surface area contributed by atoms with E-state index in [2.05, 4.69) is 0 Å². The summed E-state index contributed by atoms with van der Waals surface area (Å²) in [5, 5.41) is 8.96. The van der Waals surface area contributed by atoms with Crippen molar-refractivity contribution in [2.75, 3.05) is 0 Å². The monoisotopic (exact) mass is 242 g/mol. The molecule has 0 bridgehead atoms. The van der Waals surface area contributed by atoms with E-state index in [1.165, 1.54) is 0 Å². The highest BCUT2D eigenvalue weighted by Gasteiger charge is 2.29. The van der Waals surface area contributed by atoms with Gasteiger partial charge in [0.05, 0.1) is 5.92 Å². The number of esters is 1. The first-order chi connectivity index (χ1) is 7.78. The summed E-state index contributed by atoms with van der Waals surface area (Å²) in [6, 6.07) is 0. The molecule has 0 heterocycles. The van der Waals surface area contributed by atoms with Crippen LogP contribution in [-0.4, -0.2) is 22.6 Å². The number of carboxylic acid groups (broad SMARTS) is 1. The van der Waals surface area contributed by atoms with Crippen LogP contribution in [0.2, 0.25) is 0 Å². The van der Waals surface area contributed by atoms with Crippen LogP contribution < -0.4 is 0 Å². The lowest BCUT2D eigenvalue weighted by Crippen LogP contribution is -2.28. The van der Waals surface area contributed by atoms with Crippen LogP contribution in [0.25, 0.3) is 0 Å². The molecule has 0 amide bonds. The summed E-state index contributed by atoms with van der Waals surface area (Å²) >= 11 is 0. The number of hydrogen-bond donors (Lipinski definition) is 1. The Kier molecular flexibility index (Phi) is 4.54. The van der Waals surface area contributed by atoms with Crippen LogP contribution >= 0.6 is 0 Å². The van der Waals surface area contributed by atoms with Gasteiger partial charge in [-0.15, -0.1) is 0 Å². The van der Waals surface area contributed by atoms with Crippen LogP contribution in [0.1, 0.15) is 52.9 Å². The normalized spacial score (nSPS) is 25.4. The van der Waals surface area contributed by atoms with Crippen LogP contribution in [0.5, 0.6) is 0 Å². The summed E-state index contributed by atoms with van der Waals surface area (Å²) in [5.74, 6) is -1.07. The van der Waals surface area contributed by atoms with Gasteiger partial charge in [0.25, 0.3) is 0 Å². The van der Waals surface area contributed by atoms with Crippen molar-refractivity contribution in [1.29, 1.82) is 0 Å². The first kappa shape index (κ1) is 14.0. The van der Waals surface area contributed by atoms with Crippen LogP contribution in [-0.2, 0) is 14.3 Å². The molecule has 0 radical (unpaired) electrons. The molecule has 1 aliphatic carbocycles. The van der Waals surface area contributed by atoms with Gasteiger partial charge >= 0.3 is 11.9 Å². The maximum absolute atomic E-state index is 11.6. The van der Waals surface area contributed by atoms with Gasteiger partial charge in [-0.25, -0.2) is 0 Å². The third-order valence-corrected chi connectivity index (χ3v) is 3.01. The van der Waals surface area contributed by atoms with E-state index in [4.69, 9.17) is 9.84 Å².